The van der Waals surface area contributed by atoms with Crippen LogP contribution in [0.1, 0.15) is 18.9 Å². The first-order chi connectivity index (χ1) is 11.1. The van der Waals surface area contributed by atoms with Crippen LogP contribution in [0.4, 0.5) is 5.69 Å². The topological polar surface area (TPSA) is 33.3 Å². The largest absolute Gasteiger partial charge is 0.494 e. The molecule has 0 aliphatic carbocycles. The number of nitrogens with one attached hydrogen (secondary N) is 2. The Balaban J connectivity index is 1.88. The summed E-state index contributed by atoms with van der Waals surface area (Å²) in [5.41, 5.74) is 1.84. The Morgan fingerprint density at radius 1 is 1.13 bits per heavy atom. The predicted octanol–water partition coefficient (Wildman–Crippen LogP) is 5.27. The van der Waals surface area contributed by atoms with Gasteiger partial charge in [-0.25, -0.2) is 0 Å². The van der Waals surface area contributed by atoms with E-state index < -0.39 is 0 Å². The van der Waals surface area contributed by atoms with Gasteiger partial charge in [-0.1, -0.05) is 42.3 Å². The lowest BCUT2D eigenvalue weighted by atomic mass is 10.2. The van der Waals surface area contributed by atoms with Crippen LogP contribution in [0.2, 0.25) is 10.0 Å². The summed E-state index contributed by atoms with van der Waals surface area (Å²) in [7, 11) is 0. The molecule has 0 radical (unpaired) electrons. The van der Waals surface area contributed by atoms with Gasteiger partial charge in [0.25, 0.3) is 0 Å². The highest BCUT2D eigenvalue weighted by molar-refractivity contribution is 7.80. The normalized spacial score (nSPS) is 10.2. The summed E-state index contributed by atoms with van der Waals surface area (Å²) in [6.45, 7) is 3.40. The lowest BCUT2D eigenvalue weighted by molar-refractivity contribution is 0.317. The van der Waals surface area contributed by atoms with E-state index in [1.54, 1.807) is 18.2 Å². The van der Waals surface area contributed by atoms with Gasteiger partial charge in [-0.15, -0.1) is 0 Å². The van der Waals surface area contributed by atoms with E-state index in [1.165, 1.54) is 0 Å². The number of anilines is 1. The fourth-order valence-corrected chi connectivity index (χ4v) is 2.66. The SMILES string of the molecule is CCCOc1cccc(CNC(=S)Nc2cc(Cl)cc(Cl)c2)c1. The second-order valence-electron chi connectivity index (χ2n) is 4.96. The Morgan fingerprint density at radius 2 is 1.87 bits per heavy atom. The summed E-state index contributed by atoms with van der Waals surface area (Å²) < 4.78 is 5.62. The van der Waals surface area contributed by atoms with E-state index in [0.717, 1.165) is 23.4 Å². The van der Waals surface area contributed by atoms with Gasteiger partial charge < -0.3 is 15.4 Å². The van der Waals surface area contributed by atoms with Crippen molar-refractivity contribution < 1.29 is 4.74 Å². The van der Waals surface area contributed by atoms with Gasteiger partial charge in [-0.2, -0.15) is 0 Å². The first kappa shape index (κ1) is 17.9. The lowest BCUT2D eigenvalue weighted by Crippen LogP contribution is -2.27. The minimum atomic E-state index is 0.503. The molecule has 0 saturated carbocycles. The minimum Gasteiger partial charge on any atom is -0.494 e. The van der Waals surface area contributed by atoms with Crippen LogP contribution in [-0.4, -0.2) is 11.7 Å². The van der Waals surface area contributed by atoms with Crippen molar-refractivity contribution in [2.24, 2.45) is 0 Å². The maximum atomic E-state index is 5.96. The van der Waals surface area contributed by atoms with Gasteiger partial charge in [0.15, 0.2) is 5.11 Å². The molecular formula is C17H18Cl2N2OS. The smallest absolute Gasteiger partial charge is 0.171 e. The molecule has 0 saturated heterocycles. The van der Waals surface area contributed by atoms with Crippen LogP contribution >= 0.6 is 35.4 Å². The number of rotatable bonds is 6. The molecule has 122 valence electrons. The Bertz CT molecular complexity index is 659. The minimum absolute atomic E-state index is 0.503. The van der Waals surface area contributed by atoms with E-state index in [2.05, 4.69) is 17.6 Å². The zero-order valence-electron chi connectivity index (χ0n) is 12.7. The molecule has 0 amide bonds. The maximum Gasteiger partial charge on any atom is 0.171 e. The molecule has 2 aromatic carbocycles. The van der Waals surface area contributed by atoms with Crippen LogP contribution in [0.3, 0.4) is 0 Å². The van der Waals surface area contributed by atoms with Crippen LogP contribution < -0.4 is 15.4 Å². The zero-order chi connectivity index (χ0) is 16.7. The van der Waals surface area contributed by atoms with Gasteiger partial charge in [0.05, 0.1) is 6.61 Å². The van der Waals surface area contributed by atoms with E-state index in [0.29, 0.717) is 28.3 Å². The van der Waals surface area contributed by atoms with Gasteiger partial charge in [-0.05, 0) is 54.5 Å². The Kier molecular flexibility index (Phi) is 6.96. The summed E-state index contributed by atoms with van der Waals surface area (Å²) in [6.07, 6.45) is 0.985. The van der Waals surface area contributed by atoms with Gasteiger partial charge in [-0.3, -0.25) is 0 Å². The average molecular weight is 369 g/mol. The molecular weight excluding hydrogens is 351 g/mol. The van der Waals surface area contributed by atoms with Crippen molar-refractivity contribution in [1.82, 2.24) is 5.32 Å². The van der Waals surface area contributed by atoms with Crippen molar-refractivity contribution in [2.75, 3.05) is 11.9 Å². The first-order valence-corrected chi connectivity index (χ1v) is 8.46. The van der Waals surface area contributed by atoms with E-state index >= 15 is 0 Å². The Hall–Kier alpha value is -1.49. The van der Waals surface area contributed by atoms with E-state index in [-0.39, 0.29) is 0 Å². The molecule has 2 aromatic rings. The van der Waals surface area contributed by atoms with E-state index in [1.807, 2.05) is 24.3 Å². The number of hydrogen-bond donors (Lipinski definition) is 2. The summed E-state index contributed by atoms with van der Waals surface area (Å²) in [5.74, 6) is 0.867. The molecule has 2 rings (SSSR count). The number of halogens is 2. The Morgan fingerprint density at radius 3 is 2.57 bits per heavy atom. The maximum absolute atomic E-state index is 5.96. The highest BCUT2D eigenvalue weighted by Crippen LogP contribution is 2.22. The van der Waals surface area contributed by atoms with Gasteiger partial charge in [0, 0.05) is 22.3 Å². The van der Waals surface area contributed by atoms with Crippen molar-refractivity contribution in [3.63, 3.8) is 0 Å². The molecule has 0 spiro atoms. The molecule has 6 heteroatoms. The van der Waals surface area contributed by atoms with E-state index in [9.17, 15) is 0 Å². The second kappa shape index (κ2) is 8.96. The Labute approximate surface area is 151 Å². The van der Waals surface area contributed by atoms with Crippen molar-refractivity contribution in [1.29, 1.82) is 0 Å². The fraction of sp³-hybridized carbons (Fsp3) is 0.235. The second-order valence-corrected chi connectivity index (χ2v) is 6.24. The predicted molar refractivity (Wildman–Crippen MR) is 102 cm³/mol. The van der Waals surface area contributed by atoms with Gasteiger partial charge in [0.2, 0.25) is 0 Å². The summed E-state index contributed by atoms with van der Waals surface area (Å²) >= 11 is 17.2. The summed E-state index contributed by atoms with van der Waals surface area (Å²) in [6, 6.07) is 13.1. The molecule has 2 N–H and O–H groups in total. The summed E-state index contributed by atoms with van der Waals surface area (Å²) in [4.78, 5) is 0. The van der Waals surface area contributed by atoms with Crippen LogP contribution in [-0.2, 0) is 6.54 Å². The fourth-order valence-electron chi connectivity index (χ4n) is 1.95. The molecule has 0 fully saturated rings. The van der Waals surface area contributed by atoms with Crippen molar-refractivity contribution in [2.45, 2.75) is 19.9 Å². The van der Waals surface area contributed by atoms with Crippen LogP contribution in [0.25, 0.3) is 0 Å². The summed E-state index contributed by atoms with van der Waals surface area (Å²) in [5, 5.41) is 7.83. The monoisotopic (exact) mass is 368 g/mol. The first-order valence-electron chi connectivity index (χ1n) is 7.29. The molecule has 0 aliphatic heterocycles. The molecule has 0 unspecified atom stereocenters. The number of benzene rings is 2. The number of ether oxygens (including phenoxy) is 1. The molecule has 23 heavy (non-hydrogen) atoms. The molecule has 0 heterocycles. The highest BCUT2D eigenvalue weighted by atomic mass is 35.5. The average Bonchev–Trinajstić information content (AvgIpc) is 2.50. The zero-order valence-corrected chi connectivity index (χ0v) is 15.1. The standard InChI is InChI=1S/C17H18Cl2N2OS/c1-2-6-22-16-5-3-4-12(7-16)11-20-17(23)21-15-9-13(18)8-14(19)10-15/h3-5,7-10H,2,6,11H2,1H3,(H2,20,21,23). The number of hydrogen-bond acceptors (Lipinski definition) is 2. The highest BCUT2D eigenvalue weighted by Gasteiger charge is 2.02. The molecule has 0 aliphatic rings. The number of thiocarbonyl (C=S) groups is 1. The van der Waals surface area contributed by atoms with Gasteiger partial charge >= 0.3 is 0 Å². The third kappa shape index (κ3) is 6.26. The molecule has 0 aromatic heterocycles. The third-order valence-corrected chi connectivity index (χ3v) is 3.63. The molecule has 0 atom stereocenters. The third-order valence-electron chi connectivity index (χ3n) is 2.94. The van der Waals surface area contributed by atoms with Crippen molar-refractivity contribution in [3.05, 3.63) is 58.1 Å². The lowest BCUT2D eigenvalue weighted by Gasteiger charge is -2.12. The molecule has 0 bridgehead atoms. The van der Waals surface area contributed by atoms with Crippen LogP contribution in [0.15, 0.2) is 42.5 Å². The van der Waals surface area contributed by atoms with Crippen molar-refractivity contribution in [3.8, 4) is 5.75 Å². The van der Waals surface area contributed by atoms with Crippen LogP contribution in [0.5, 0.6) is 5.75 Å². The quantitative estimate of drug-likeness (QED) is 0.680. The molecule has 3 nitrogen and oxygen atoms in total. The van der Waals surface area contributed by atoms with Gasteiger partial charge in [0.1, 0.15) is 5.75 Å². The van der Waals surface area contributed by atoms with E-state index in [4.69, 9.17) is 40.2 Å². The van der Waals surface area contributed by atoms with Crippen molar-refractivity contribution >= 4 is 46.2 Å². The van der Waals surface area contributed by atoms with Crippen LogP contribution in [0, 0.1) is 0 Å².